The molecular formula is C11H12BrN3S. The molecule has 0 spiro atoms. The van der Waals surface area contributed by atoms with Crippen LogP contribution in [0.4, 0.5) is 0 Å². The Kier molecular flexibility index (Phi) is 4.04. The lowest BCUT2D eigenvalue weighted by molar-refractivity contribution is 0.960. The number of nitrogens with zero attached hydrogens (tertiary/aromatic N) is 1. The van der Waals surface area contributed by atoms with E-state index in [9.17, 15) is 0 Å². The van der Waals surface area contributed by atoms with Gasteiger partial charge in [0.15, 0.2) is 5.16 Å². The highest BCUT2D eigenvalue weighted by Gasteiger charge is 2.03. The summed E-state index contributed by atoms with van der Waals surface area (Å²) in [6, 6.07) is 6.28. The molecule has 5 heteroatoms. The Bertz CT molecular complexity index is 456. The van der Waals surface area contributed by atoms with Gasteiger partial charge in [-0.25, -0.2) is 4.98 Å². The van der Waals surface area contributed by atoms with Crippen LogP contribution in [0.3, 0.4) is 0 Å². The fraction of sp³-hybridized carbons (Fsp3) is 0.182. The maximum Gasteiger partial charge on any atom is 0.170 e. The molecule has 0 bridgehead atoms. The monoisotopic (exact) mass is 297 g/mol. The van der Waals surface area contributed by atoms with Crippen LogP contribution in [0.25, 0.3) is 0 Å². The van der Waals surface area contributed by atoms with Crippen LogP contribution in [0.1, 0.15) is 5.56 Å². The van der Waals surface area contributed by atoms with Crippen molar-refractivity contribution in [1.82, 2.24) is 9.97 Å². The van der Waals surface area contributed by atoms with Crippen molar-refractivity contribution < 1.29 is 0 Å². The fourth-order valence-corrected chi connectivity index (χ4v) is 2.87. The van der Waals surface area contributed by atoms with E-state index in [2.05, 4.69) is 44.1 Å². The maximum absolute atomic E-state index is 5.54. The molecular weight excluding hydrogens is 286 g/mol. The van der Waals surface area contributed by atoms with Crippen molar-refractivity contribution in [3.8, 4) is 0 Å². The second-order valence-corrected chi connectivity index (χ2v) is 5.20. The highest BCUT2D eigenvalue weighted by atomic mass is 79.9. The summed E-state index contributed by atoms with van der Waals surface area (Å²) in [7, 11) is 0. The zero-order chi connectivity index (χ0) is 11.4. The van der Waals surface area contributed by atoms with Crippen LogP contribution in [-0.2, 0) is 6.42 Å². The third-order valence-corrected chi connectivity index (χ3v) is 3.77. The summed E-state index contributed by atoms with van der Waals surface area (Å²) in [6.45, 7) is 0.670. The first-order chi connectivity index (χ1) is 7.79. The average molecular weight is 298 g/mol. The first-order valence-corrected chi connectivity index (χ1v) is 6.56. The van der Waals surface area contributed by atoms with Crippen molar-refractivity contribution in [3.63, 3.8) is 0 Å². The van der Waals surface area contributed by atoms with Gasteiger partial charge in [0.2, 0.25) is 0 Å². The molecule has 1 aromatic carbocycles. The predicted molar refractivity (Wildman–Crippen MR) is 69.6 cm³/mol. The van der Waals surface area contributed by atoms with E-state index in [1.165, 1.54) is 5.56 Å². The molecule has 0 unspecified atom stereocenters. The van der Waals surface area contributed by atoms with Crippen molar-refractivity contribution in [2.75, 3.05) is 6.54 Å². The van der Waals surface area contributed by atoms with Crippen LogP contribution in [0.5, 0.6) is 0 Å². The summed E-state index contributed by atoms with van der Waals surface area (Å²) in [6.07, 6.45) is 4.46. The molecule has 0 fully saturated rings. The molecule has 0 saturated heterocycles. The second-order valence-electron chi connectivity index (χ2n) is 3.29. The number of nitrogens with two attached hydrogens (primary N) is 1. The van der Waals surface area contributed by atoms with Gasteiger partial charge in [-0.1, -0.05) is 33.8 Å². The number of hydrogen-bond donors (Lipinski definition) is 2. The molecule has 1 heterocycles. The van der Waals surface area contributed by atoms with E-state index >= 15 is 0 Å². The van der Waals surface area contributed by atoms with Crippen LogP contribution in [0, 0.1) is 0 Å². The van der Waals surface area contributed by atoms with Gasteiger partial charge in [-0.2, -0.15) is 0 Å². The number of rotatable bonds is 4. The standard InChI is InChI=1S/C11H12BrN3S/c12-10-7-9(2-1-8(10)3-4-13)16-11-14-5-6-15-11/h1-2,5-7H,3-4,13H2,(H,14,15). The highest BCUT2D eigenvalue weighted by molar-refractivity contribution is 9.10. The molecule has 1 aromatic heterocycles. The van der Waals surface area contributed by atoms with Gasteiger partial charge >= 0.3 is 0 Å². The van der Waals surface area contributed by atoms with E-state index in [0.29, 0.717) is 6.54 Å². The lowest BCUT2D eigenvalue weighted by Crippen LogP contribution is -2.03. The molecule has 3 nitrogen and oxygen atoms in total. The number of aromatic amines is 1. The zero-order valence-electron chi connectivity index (χ0n) is 8.61. The van der Waals surface area contributed by atoms with Gasteiger partial charge in [-0.05, 0) is 30.7 Å². The largest absolute Gasteiger partial charge is 0.339 e. The smallest absolute Gasteiger partial charge is 0.170 e. The minimum absolute atomic E-state index is 0.670. The summed E-state index contributed by atoms with van der Waals surface area (Å²) in [4.78, 5) is 8.39. The number of imidazole rings is 1. The Morgan fingerprint density at radius 1 is 1.44 bits per heavy atom. The molecule has 2 aromatic rings. The maximum atomic E-state index is 5.54. The van der Waals surface area contributed by atoms with E-state index in [1.54, 1.807) is 18.0 Å². The number of aromatic nitrogens is 2. The van der Waals surface area contributed by atoms with Crippen molar-refractivity contribution in [2.45, 2.75) is 16.5 Å². The topological polar surface area (TPSA) is 54.7 Å². The summed E-state index contributed by atoms with van der Waals surface area (Å²) >= 11 is 5.16. The third kappa shape index (κ3) is 2.87. The van der Waals surface area contributed by atoms with Gasteiger partial charge in [0.25, 0.3) is 0 Å². The molecule has 16 heavy (non-hydrogen) atoms. The molecule has 84 valence electrons. The normalized spacial score (nSPS) is 10.6. The molecule has 3 N–H and O–H groups in total. The second kappa shape index (κ2) is 5.52. The Morgan fingerprint density at radius 3 is 2.94 bits per heavy atom. The molecule has 0 aliphatic carbocycles. The van der Waals surface area contributed by atoms with Crippen molar-refractivity contribution in [3.05, 3.63) is 40.6 Å². The number of H-pyrrole nitrogens is 1. The lowest BCUT2D eigenvalue weighted by Gasteiger charge is -2.05. The summed E-state index contributed by atoms with van der Waals surface area (Å²) in [5.74, 6) is 0. The van der Waals surface area contributed by atoms with Gasteiger partial charge in [-0.15, -0.1) is 0 Å². The number of nitrogens with one attached hydrogen (secondary N) is 1. The van der Waals surface area contributed by atoms with Gasteiger partial charge in [0.1, 0.15) is 0 Å². The van der Waals surface area contributed by atoms with Gasteiger partial charge in [0, 0.05) is 21.8 Å². The first kappa shape index (κ1) is 11.7. The summed E-state index contributed by atoms with van der Waals surface area (Å²) < 4.78 is 1.11. The van der Waals surface area contributed by atoms with Crippen LogP contribution < -0.4 is 5.73 Å². The van der Waals surface area contributed by atoms with Crippen molar-refractivity contribution in [1.29, 1.82) is 0 Å². The van der Waals surface area contributed by atoms with E-state index < -0.39 is 0 Å². The SMILES string of the molecule is NCCc1ccc(Sc2ncc[nH]2)cc1Br. The van der Waals surface area contributed by atoms with E-state index in [4.69, 9.17) is 5.73 Å². The van der Waals surface area contributed by atoms with E-state index in [1.807, 2.05) is 6.20 Å². The molecule has 0 radical (unpaired) electrons. The molecule has 0 aliphatic rings. The van der Waals surface area contributed by atoms with Gasteiger partial charge in [0.05, 0.1) is 0 Å². The van der Waals surface area contributed by atoms with E-state index in [-0.39, 0.29) is 0 Å². The van der Waals surface area contributed by atoms with Crippen LogP contribution in [0.2, 0.25) is 0 Å². The fourth-order valence-electron chi connectivity index (χ4n) is 1.37. The molecule has 0 saturated carbocycles. The summed E-state index contributed by atoms with van der Waals surface area (Å²) in [5.41, 5.74) is 6.78. The van der Waals surface area contributed by atoms with Gasteiger partial charge in [-0.3, -0.25) is 0 Å². The third-order valence-electron chi connectivity index (χ3n) is 2.13. The summed E-state index contributed by atoms with van der Waals surface area (Å²) in [5, 5.41) is 0.901. The lowest BCUT2D eigenvalue weighted by atomic mass is 10.1. The molecule has 2 rings (SSSR count). The van der Waals surface area contributed by atoms with Gasteiger partial charge < -0.3 is 10.7 Å². The highest BCUT2D eigenvalue weighted by Crippen LogP contribution is 2.28. The molecule has 0 aliphatic heterocycles. The minimum atomic E-state index is 0.670. The Balaban J connectivity index is 2.15. The Labute approximate surface area is 107 Å². The number of halogens is 1. The number of hydrogen-bond acceptors (Lipinski definition) is 3. The zero-order valence-corrected chi connectivity index (χ0v) is 11.0. The van der Waals surface area contributed by atoms with Crippen LogP contribution >= 0.6 is 27.7 Å². The number of benzene rings is 1. The van der Waals surface area contributed by atoms with Crippen LogP contribution in [0.15, 0.2) is 45.1 Å². The molecule has 0 amide bonds. The average Bonchev–Trinajstić information content (AvgIpc) is 2.75. The first-order valence-electron chi connectivity index (χ1n) is 4.95. The van der Waals surface area contributed by atoms with Crippen LogP contribution in [-0.4, -0.2) is 16.5 Å². The quantitative estimate of drug-likeness (QED) is 0.912. The Morgan fingerprint density at radius 2 is 2.31 bits per heavy atom. The minimum Gasteiger partial charge on any atom is -0.339 e. The Hall–Kier alpha value is -0.780. The van der Waals surface area contributed by atoms with Crippen molar-refractivity contribution in [2.24, 2.45) is 5.73 Å². The molecule has 0 atom stereocenters. The predicted octanol–water partition coefficient (Wildman–Crippen LogP) is 2.82. The van der Waals surface area contributed by atoms with Crippen molar-refractivity contribution >= 4 is 27.7 Å². The van der Waals surface area contributed by atoms with E-state index in [0.717, 1.165) is 20.9 Å².